The molecule has 120 valence electrons. The van der Waals surface area contributed by atoms with E-state index in [2.05, 4.69) is 4.74 Å². The zero-order valence-electron chi connectivity index (χ0n) is 12.3. The average molecular weight is 351 g/mol. The van der Waals surface area contributed by atoms with Crippen molar-refractivity contribution >= 4 is 52.2 Å². The van der Waals surface area contributed by atoms with E-state index < -0.39 is 18.0 Å². The summed E-state index contributed by atoms with van der Waals surface area (Å²) in [4.78, 5) is 36.4. The highest BCUT2D eigenvalue weighted by Crippen LogP contribution is 2.34. The van der Waals surface area contributed by atoms with Gasteiger partial charge >= 0.3 is 11.9 Å². The highest BCUT2D eigenvalue weighted by atomic mass is 32.2. The second kappa shape index (κ2) is 6.93. The lowest BCUT2D eigenvalue weighted by atomic mass is 10.1. The van der Waals surface area contributed by atoms with Crippen molar-refractivity contribution in [3.63, 3.8) is 0 Å². The van der Waals surface area contributed by atoms with Gasteiger partial charge in [-0.25, -0.2) is 9.59 Å². The van der Waals surface area contributed by atoms with Crippen LogP contribution in [0.2, 0.25) is 0 Å². The third kappa shape index (κ3) is 3.59. The molecule has 1 fully saturated rings. The Bertz CT molecular complexity index is 711. The van der Waals surface area contributed by atoms with Crippen LogP contribution in [0.5, 0.6) is 0 Å². The maximum atomic E-state index is 12.4. The first kappa shape index (κ1) is 17.2. The molecule has 1 heterocycles. The number of nitrogens with zero attached hydrogens (tertiary/aromatic N) is 1. The van der Waals surface area contributed by atoms with E-state index in [4.69, 9.17) is 17.3 Å². The van der Waals surface area contributed by atoms with Crippen molar-refractivity contribution in [2.75, 3.05) is 7.11 Å². The van der Waals surface area contributed by atoms with Crippen LogP contribution in [0.3, 0.4) is 0 Å². The molecule has 1 amide bonds. The van der Waals surface area contributed by atoms with Crippen LogP contribution in [0.25, 0.3) is 6.08 Å². The lowest BCUT2D eigenvalue weighted by molar-refractivity contribution is -0.147. The SMILES string of the molecule is COC(=O)[C@@H](C)N1C(=O)/C(=C/c2ccc(C(=O)O)cc2)SC1=S. The largest absolute Gasteiger partial charge is 0.478 e. The van der Waals surface area contributed by atoms with Gasteiger partial charge in [-0.3, -0.25) is 9.69 Å². The van der Waals surface area contributed by atoms with Crippen LogP contribution in [-0.2, 0) is 14.3 Å². The molecule has 1 saturated heterocycles. The van der Waals surface area contributed by atoms with E-state index in [1.54, 1.807) is 25.1 Å². The molecule has 8 heteroatoms. The fourth-order valence-corrected chi connectivity index (χ4v) is 3.38. The first-order chi connectivity index (χ1) is 10.8. The van der Waals surface area contributed by atoms with Crippen molar-refractivity contribution in [3.05, 3.63) is 40.3 Å². The van der Waals surface area contributed by atoms with Crippen LogP contribution in [0.4, 0.5) is 0 Å². The lowest BCUT2D eigenvalue weighted by Gasteiger charge is -2.20. The van der Waals surface area contributed by atoms with Gasteiger partial charge in [0.05, 0.1) is 17.6 Å². The van der Waals surface area contributed by atoms with Gasteiger partial charge < -0.3 is 9.84 Å². The summed E-state index contributed by atoms with van der Waals surface area (Å²) in [5.74, 6) is -1.94. The summed E-state index contributed by atoms with van der Waals surface area (Å²) in [6.07, 6.45) is 1.61. The van der Waals surface area contributed by atoms with Crippen molar-refractivity contribution in [3.8, 4) is 0 Å². The quantitative estimate of drug-likeness (QED) is 0.505. The molecule has 23 heavy (non-hydrogen) atoms. The number of carboxylic acid groups (broad SMARTS) is 1. The Labute approximate surface area is 142 Å². The normalized spacial score (nSPS) is 17.5. The minimum Gasteiger partial charge on any atom is -0.478 e. The number of ether oxygens (including phenoxy) is 1. The van der Waals surface area contributed by atoms with Crippen LogP contribution in [-0.4, -0.2) is 45.3 Å². The fourth-order valence-electron chi connectivity index (χ4n) is 1.96. The summed E-state index contributed by atoms with van der Waals surface area (Å²) < 4.78 is 4.91. The molecule has 0 spiro atoms. The number of thiocarbonyl (C=S) groups is 1. The highest BCUT2D eigenvalue weighted by molar-refractivity contribution is 8.26. The van der Waals surface area contributed by atoms with Gasteiger partial charge in [0.1, 0.15) is 10.4 Å². The van der Waals surface area contributed by atoms with Crippen molar-refractivity contribution in [1.82, 2.24) is 4.90 Å². The Morgan fingerprint density at radius 2 is 1.96 bits per heavy atom. The van der Waals surface area contributed by atoms with E-state index >= 15 is 0 Å². The number of amides is 1. The maximum Gasteiger partial charge on any atom is 0.335 e. The van der Waals surface area contributed by atoms with Gasteiger partial charge in [-0.05, 0) is 30.7 Å². The van der Waals surface area contributed by atoms with Gasteiger partial charge in [-0.15, -0.1) is 0 Å². The number of hydrogen-bond acceptors (Lipinski definition) is 6. The van der Waals surface area contributed by atoms with Crippen LogP contribution in [0, 0.1) is 0 Å². The molecule has 1 aromatic rings. The number of carboxylic acids is 1. The molecule has 0 aromatic heterocycles. The molecule has 1 atom stereocenters. The summed E-state index contributed by atoms with van der Waals surface area (Å²) in [6, 6.07) is 5.30. The molecule has 1 aromatic carbocycles. The molecule has 1 N–H and O–H groups in total. The monoisotopic (exact) mass is 351 g/mol. The third-order valence-corrected chi connectivity index (χ3v) is 4.54. The summed E-state index contributed by atoms with van der Waals surface area (Å²) >= 11 is 6.24. The first-order valence-corrected chi connectivity index (χ1v) is 7.76. The Kier molecular flexibility index (Phi) is 5.17. The van der Waals surface area contributed by atoms with E-state index in [1.165, 1.54) is 24.1 Å². The van der Waals surface area contributed by atoms with Crippen LogP contribution in [0.15, 0.2) is 29.2 Å². The molecule has 1 aliphatic rings. The number of carbonyl (C=O) groups is 3. The number of benzene rings is 1. The van der Waals surface area contributed by atoms with Crippen molar-refractivity contribution in [2.45, 2.75) is 13.0 Å². The molecule has 0 saturated carbocycles. The number of methoxy groups -OCH3 is 1. The number of rotatable bonds is 4. The third-order valence-electron chi connectivity index (χ3n) is 3.21. The fraction of sp³-hybridized carbons (Fsp3) is 0.200. The predicted octanol–water partition coefficient (Wildman–Crippen LogP) is 2.15. The average Bonchev–Trinajstić information content (AvgIpc) is 2.80. The molecule has 1 aliphatic heterocycles. The zero-order valence-corrected chi connectivity index (χ0v) is 13.9. The van der Waals surface area contributed by atoms with Gasteiger partial charge in [0.15, 0.2) is 0 Å². The van der Waals surface area contributed by atoms with Gasteiger partial charge in [0.25, 0.3) is 5.91 Å². The zero-order chi connectivity index (χ0) is 17.1. The lowest BCUT2D eigenvalue weighted by Crippen LogP contribution is -2.42. The Morgan fingerprint density at radius 3 is 2.48 bits per heavy atom. The van der Waals surface area contributed by atoms with Crippen molar-refractivity contribution < 1.29 is 24.2 Å². The van der Waals surface area contributed by atoms with E-state index in [-0.39, 0.29) is 15.8 Å². The Hall–Kier alpha value is -2.19. The van der Waals surface area contributed by atoms with Gasteiger partial charge in [-0.1, -0.05) is 36.1 Å². The summed E-state index contributed by atoms with van der Waals surface area (Å²) in [6.45, 7) is 1.54. The highest BCUT2D eigenvalue weighted by Gasteiger charge is 2.38. The summed E-state index contributed by atoms with van der Waals surface area (Å²) in [7, 11) is 1.25. The number of aromatic carboxylic acids is 1. The van der Waals surface area contributed by atoms with Crippen molar-refractivity contribution in [1.29, 1.82) is 0 Å². The first-order valence-electron chi connectivity index (χ1n) is 6.53. The Morgan fingerprint density at radius 1 is 1.35 bits per heavy atom. The number of thioether (sulfide) groups is 1. The maximum absolute atomic E-state index is 12.4. The van der Waals surface area contributed by atoms with Crippen LogP contribution >= 0.6 is 24.0 Å². The Balaban J connectivity index is 2.24. The topological polar surface area (TPSA) is 83.9 Å². The van der Waals surface area contributed by atoms with Crippen LogP contribution < -0.4 is 0 Å². The number of esters is 1. The molecule has 0 bridgehead atoms. The van der Waals surface area contributed by atoms with E-state index in [0.717, 1.165) is 11.8 Å². The number of carbonyl (C=O) groups excluding carboxylic acids is 2. The molecule has 0 radical (unpaired) electrons. The van der Waals surface area contributed by atoms with Crippen molar-refractivity contribution in [2.24, 2.45) is 0 Å². The van der Waals surface area contributed by atoms with Crippen LogP contribution in [0.1, 0.15) is 22.8 Å². The van der Waals surface area contributed by atoms with E-state index in [1.807, 2.05) is 0 Å². The molecular weight excluding hydrogens is 338 g/mol. The van der Waals surface area contributed by atoms with E-state index in [0.29, 0.717) is 10.5 Å². The molecule has 0 aliphatic carbocycles. The van der Waals surface area contributed by atoms with Gasteiger partial charge in [0, 0.05) is 0 Å². The van der Waals surface area contributed by atoms with Gasteiger partial charge in [0.2, 0.25) is 0 Å². The minimum absolute atomic E-state index is 0.161. The smallest absolute Gasteiger partial charge is 0.335 e. The summed E-state index contributed by atoms with van der Waals surface area (Å²) in [5, 5.41) is 8.87. The molecule has 6 nitrogen and oxygen atoms in total. The predicted molar refractivity (Wildman–Crippen MR) is 89.9 cm³/mol. The summed E-state index contributed by atoms with van der Waals surface area (Å²) in [5.41, 5.74) is 0.829. The minimum atomic E-state index is -1.02. The second-order valence-corrected chi connectivity index (χ2v) is 6.35. The standard InChI is InChI=1S/C15H13NO5S2/c1-8(14(20)21-2)16-12(17)11(23-15(16)22)7-9-3-5-10(6-4-9)13(18)19/h3-8H,1-2H3,(H,18,19)/b11-7-/t8-/m1/s1. The number of hydrogen-bond donors (Lipinski definition) is 1. The van der Waals surface area contributed by atoms with E-state index in [9.17, 15) is 14.4 Å². The van der Waals surface area contributed by atoms with Gasteiger partial charge in [-0.2, -0.15) is 0 Å². The second-order valence-electron chi connectivity index (χ2n) is 4.68. The molecule has 2 rings (SSSR count). The molecule has 0 unspecified atom stereocenters. The molecular formula is C15H13NO5S2.